The fraction of sp³-hybridized carbons (Fsp3) is 0.625. The van der Waals surface area contributed by atoms with E-state index in [2.05, 4.69) is 0 Å². The fourth-order valence-corrected chi connectivity index (χ4v) is 1.34. The van der Waals surface area contributed by atoms with E-state index in [0.717, 1.165) is 0 Å². The summed E-state index contributed by atoms with van der Waals surface area (Å²) in [6, 6.07) is 0. The Morgan fingerprint density at radius 1 is 1.12 bits per heavy atom. The molecule has 0 heterocycles. The Labute approximate surface area is 94.5 Å². The number of rotatable bonds is 7. The molecule has 0 fully saturated rings. The zero-order chi connectivity index (χ0) is 13.8. The highest BCUT2D eigenvalue weighted by molar-refractivity contribution is 5.89. The first-order valence-corrected chi connectivity index (χ1v) is 4.36. The van der Waals surface area contributed by atoms with Crippen molar-refractivity contribution >= 4 is 17.9 Å². The number of hydrogen-bond donors (Lipinski definition) is 6. The van der Waals surface area contributed by atoms with Crippen LogP contribution >= 0.6 is 0 Å². The van der Waals surface area contributed by atoms with E-state index in [1.807, 2.05) is 0 Å². The van der Waals surface area contributed by atoms with Crippen LogP contribution in [0.25, 0.3) is 0 Å². The summed E-state index contributed by atoms with van der Waals surface area (Å²) in [5, 5.41) is 53.0. The molecule has 98 valence electrons. The smallest absolute Gasteiger partial charge is 0.337 e. The van der Waals surface area contributed by atoms with Crippen molar-refractivity contribution in [3.8, 4) is 0 Å². The summed E-state index contributed by atoms with van der Waals surface area (Å²) < 4.78 is 0. The number of aliphatic hydroxyl groups is 3. The summed E-state index contributed by atoms with van der Waals surface area (Å²) >= 11 is 0. The maximum Gasteiger partial charge on any atom is 0.337 e. The van der Waals surface area contributed by atoms with Crippen LogP contribution in [0.3, 0.4) is 0 Å². The third-order valence-corrected chi connectivity index (χ3v) is 2.14. The zero-order valence-electron chi connectivity index (χ0n) is 8.48. The lowest BCUT2D eigenvalue weighted by Crippen LogP contribution is -2.56. The van der Waals surface area contributed by atoms with Crippen LogP contribution in [-0.4, -0.2) is 66.9 Å². The predicted molar refractivity (Wildman–Crippen MR) is 49.1 cm³/mol. The number of aliphatic hydroxyl groups excluding tert-OH is 2. The van der Waals surface area contributed by atoms with E-state index in [1.54, 1.807) is 0 Å². The van der Waals surface area contributed by atoms with E-state index in [-0.39, 0.29) is 0 Å². The molecule has 9 heteroatoms. The highest BCUT2D eigenvalue weighted by Crippen LogP contribution is 2.26. The number of carbonyl (C=O) groups is 3. The van der Waals surface area contributed by atoms with E-state index >= 15 is 0 Å². The van der Waals surface area contributed by atoms with Gasteiger partial charge < -0.3 is 30.6 Å². The average Bonchev–Trinajstić information content (AvgIpc) is 2.15. The summed E-state index contributed by atoms with van der Waals surface area (Å²) in [7, 11) is 0. The van der Waals surface area contributed by atoms with Crippen molar-refractivity contribution in [2.75, 3.05) is 6.61 Å². The predicted octanol–water partition coefficient (Wildman–Crippen LogP) is -2.67. The van der Waals surface area contributed by atoms with Gasteiger partial charge in [0, 0.05) is 0 Å². The number of carboxylic acid groups (broad SMARTS) is 3. The van der Waals surface area contributed by atoms with Crippen LogP contribution in [0.2, 0.25) is 0 Å². The molecule has 0 rings (SSSR count). The van der Waals surface area contributed by atoms with Crippen LogP contribution in [0, 0.1) is 5.92 Å². The molecule has 0 aliphatic heterocycles. The lowest BCUT2D eigenvalue weighted by molar-refractivity contribution is -0.187. The molecule has 0 aromatic rings. The fourth-order valence-electron chi connectivity index (χ4n) is 1.34. The van der Waals surface area contributed by atoms with Gasteiger partial charge in [-0.1, -0.05) is 0 Å². The molecule has 6 N–H and O–H groups in total. The highest BCUT2D eigenvalue weighted by Gasteiger charge is 2.53. The molecule has 17 heavy (non-hydrogen) atoms. The second kappa shape index (κ2) is 5.57. The van der Waals surface area contributed by atoms with Crippen molar-refractivity contribution in [1.29, 1.82) is 0 Å². The summed E-state index contributed by atoms with van der Waals surface area (Å²) in [5.41, 5.74) is -3.21. The van der Waals surface area contributed by atoms with E-state index in [4.69, 9.17) is 25.5 Å². The van der Waals surface area contributed by atoms with Gasteiger partial charge in [-0.15, -0.1) is 0 Å². The first kappa shape index (κ1) is 15.3. The maximum absolute atomic E-state index is 10.8. The van der Waals surface area contributed by atoms with Crippen molar-refractivity contribution in [3.63, 3.8) is 0 Å². The van der Waals surface area contributed by atoms with Crippen LogP contribution in [-0.2, 0) is 14.4 Å². The van der Waals surface area contributed by atoms with Gasteiger partial charge in [0.2, 0.25) is 0 Å². The van der Waals surface area contributed by atoms with Gasteiger partial charge in [0.05, 0.1) is 19.1 Å². The molecule has 0 radical (unpaired) electrons. The lowest BCUT2D eigenvalue weighted by Gasteiger charge is -2.30. The Kier molecular flexibility index (Phi) is 5.01. The third kappa shape index (κ3) is 3.37. The van der Waals surface area contributed by atoms with Gasteiger partial charge in [0.1, 0.15) is 5.92 Å². The average molecular weight is 252 g/mol. The second-order valence-corrected chi connectivity index (χ2v) is 3.37. The van der Waals surface area contributed by atoms with Crippen LogP contribution < -0.4 is 0 Å². The van der Waals surface area contributed by atoms with Crippen molar-refractivity contribution in [2.24, 2.45) is 5.92 Å². The quantitative estimate of drug-likeness (QED) is 0.282. The maximum atomic E-state index is 10.8. The van der Waals surface area contributed by atoms with Gasteiger partial charge in [-0.2, -0.15) is 0 Å². The lowest BCUT2D eigenvalue weighted by atomic mass is 9.81. The SMILES string of the molecule is O=C(O)CC(O)(C(=O)O)C(C(=O)O)C(O)CO. The summed E-state index contributed by atoms with van der Waals surface area (Å²) in [5.74, 6) is -8.16. The molecule has 3 unspecified atom stereocenters. The molecule has 0 spiro atoms. The van der Waals surface area contributed by atoms with Crippen molar-refractivity contribution in [2.45, 2.75) is 18.1 Å². The third-order valence-electron chi connectivity index (χ3n) is 2.14. The molecule has 0 amide bonds. The van der Waals surface area contributed by atoms with E-state index < -0.39 is 48.6 Å². The topological polar surface area (TPSA) is 173 Å². The summed E-state index contributed by atoms with van der Waals surface area (Å²) in [6.07, 6.45) is -3.52. The van der Waals surface area contributed by atoms with E-state index in [1.165, 1.54) is 0 Å². The van der Waals surface area contributed by atoms with Gasteiger partial charge in [-0.05, 0) is 0 Å². The Morgan fingerprint density at radius 2 is 1.59 bits per heavy atom. The molecule has 0 aromatic carbocycles. The molecule has 0 bridgehead atoms. The zero-order valence-corrected chi connectivity index (χ0v) is 8.48. The summed E-state index contributed by atoms with van der Waals surface area (Å²) in [6.45, 7) is -1.13. The van der Waals surface area contributed by atoms with Crippen LogP contribution in [0.4, 0.5) is 0 Å². The van der Waals surface area contributed by atoms with Gasteiger partial charge in [-0.25, -0.2) is 4.79 Å². The Morgan fingerprint density at radius 3 is 1.82 bits per heavy atom. The molecule has 0 aliphatic carbocycles. The number of hydrogen-bond acceptors (Lipinski definition) is 6. The molecule has 0 aliphatic rings. The summed E-state index contributed by atoms with van der Waals surface area (Å²) in [4.78, 5) is 31.9. The molecule has 0 aromatic heterocycles. The largest absolute Gasteiger partial charge is 0.481 e. The van der Waals surface area contributed by atoms with Crippen LogP contribution in [0.1, 0.15) is 6.42 Å². The first-order valence-electron chi connectivity index (χ1n) is 4.36. The Balaban J connectivity index is 5.45. The molecular weight excluding hydrogens is 240 g/mol. The standard InChI is InChI=1S/C8H12O9/c9-2-3(10)5(6(13)14)8(17,7(15)16)1-4(11)12/h3,5,9-10,17H,1-2H2,(H,11,12)(H,13,14)(H,15,16). The van der Waals surface area contributed by atoms with E-state index in [0.29, 0.717) is 0 Å². The minimum atomic E-state index is -3.21. The number of aliphatic carboxylic acids is 3. The van der Waals surface area contributed by atoms with Gasteiger partial charge in [0.15, 0.2) is 5.60 Å². The normalized spacial score (nSPS) is 17.8. The molecule has 0 saturated carbocycles. The Hall–Kier alpha value is -1.71. The molecule has 9 nitrogen and oxygen atoms in total. The van der Waals surface area contributed by atoms with E-state index in [9.17, 15) is 19.5 Å². The Bertz CT molecular complexity index is 325. The first-order chi connectivity index (χ1) is 7.66. The van der Waals surface area contributed by atoms with Crippen LogP contribution in [0.15, 0.2) is 0 Å². The number of carboxylic acids is 3. The monoisotopic (exact) mass is 252 g/mol. The molecular formula is C8H12O9. The van der Waals surface area contributed by atoms with Crippen molar-refractivity contribution in [3.05, 3.63) is 0 Å². The second-order valence-electron chi connectivity index (χ2n) is 3.37. The van der Waals surface area contributed by atoms with Gasteiger partial charge in [-0.3, -0.25) is 9.59 Å². The van der Waals surface area contributed by atoms with Gasteiger partial charge >= 0.3 is 17.9 Å². The van der Waals surface area contributed by atoms with Crippen molar-refractivity contribution in [1.82, 2.24) is 0 Å². The highest BCUT2D eigenvalue weighted by atomic mass is 16.4. The minimum Gasteiger partial charge on any atom is -0.481 e. The van der Waals surface area contributed by atoms with Crippen LogP contribution in [0.5, 0.6) is 0 Å². The minimum absolute atomic E-state index is 1.13. The molecule has 0 saturated heterocycles. The van der Waals surface area contributed by atoms with Gasteiger partial charge in [0.25, 0.3) is 0 Å². The van der Waals surface area contributed by atoms with Crippen molar-refractivity contribution < 1.29 is 45.0 Å². The molecule has 3 atom stereocenters.